The van der Waals surface area contributed by atoms with E-state index in [1.54, 1.807) is 0 Å². The summed E-state index contributed by atoms with van der Waals surface area (Å²) >= 11 is 0. The minimum atomic E-state index is -0.510. The summed E-state index contributed by atoms with van der Waals surface area (Å²) in [7, 11) is 0.801. The first-order valence-electron chi connectivity index (χ1n) is 20.9. The van der Waals surface area contributed by atoms with Crippen LogP contribution < -0.4 is 21.1 Å². The van der Waals surface area contributed by atoms with E-state index in [-0.39, 0.29) is 0 Å². The average Bonchev–Trinajstić information content (AvgIpc) is 3.32. The van der Waals surface area contributed by atoms with E-state index in [4.69, 9.17) is 0 Å². The minimum absolute atomic E-state index is 0.510. The van der Waals surface area contributed by atoms with Crippen LogP contribution in [0.4, 0.5) is 28.4 Å². The molecule has 280 valence electrons. The first-order valence-corrected chi connectivity index (χ1v) is 20.9. The van der Waals surface area contributed by atoms with Crippen molar-refractivity contribution in [2.24, 2.45) is 0 Å². The van der Waals surface area contributed by atoms with Gasteiger partial charge in [-0.05, 0) is 84.8 Å². The molecule has 60 heavy (non-hydrogen) atoms. The fraction of sp³-hybridized carbons (Fsp3) is 0.0175. The van der Waals surface area contributed by atoms with Gasteiger partial charge in [-0.2, -0.15) is 0 Å². The lowest BCUT2D eigenvalue weighted by molar-refractivity contribution is 0.732. The Morgan fingerprint density at radius 2 is 1.03 bits per heavy atom. The second-order valence-electron chi connectivity index (χ2n) is 16.1. The van der Waals surface area contributed by atoms with E-state index in [1.165, 1.54) is 94.0 Å². The van der Waals surface area contributed by atoms with Crippen LogP contribution in [-0.2, 0) is 5.41 Å². The highest BCUT2D eigenvalue weighted by atomic mass is 15.2. The minimum Gasteiger partial charge on any atom is -0.355 e. The second-order valence-corrected chi connectivity index (χ2v) is 16.1. The molecule has 12 rings (SSSR count). The smallest absolute Gasteiger partial charge is 0.198 e. The van der Waals surface area contributed by atoms with Gasteiger partial charge in [0.2, 0.25) is 0 Å². The molecular weight excluding hydrogens is 723 g/mol. The number of rotatable bonds is 6. The molecule has 0 aromatic heterocycles. The summed E-state index contributed by atoms with van der Waals surface area (Å²) in [6.07, 6.45) is 0. The zero-order chi connectivity index (χ0) is 39.6. The molecule has 0 amide bonds. The predicted molar refractivity (Wildman–Crippen MR) is 255 cm³/mol. The molecule has 0 aliphatic carbocycles. The number of benzene rings is 10. The monoisotopic (exact) mass is 762 g/mol. The number of hydrogen-bond donors (Lipinski definition) is 1. The SMILES string of the molecule is B1c2cccc3c2N(c2ccccc2C3(c2ccccc2)c2ccccc2)c2cc3ccccc3c(-c3ccc4ccccc4c3Nc3ccc(-c4ccccc4)cc3)c21. The van der Waals surface area contributed by atoms with Gasteiger partial charge in [-0.15, -0.1) is 0 Å². The van der Waals surface area contributed by atoms with Crippen LogP contribution in [0.3, 0.4) is 0 Å². The number of anilines is 5. The van der Waals surface area contributed by atoms with Crippen LogP contribution in [0.1, 0.15) is 22.3 Å². The maximum absolute atomic E-state index is 3.98. The molecule has 1 N–H and O–H groups in total. The Morgan fingerprint density at radius 3 is 1.78 bits per heavy atom. The summed E-state index contributed by atoms with van der Waals surface area (Å²) in [6.45, 7) is 0. The van der Waals surface area contributed by atoms with Crippen molar-refractivity contribution in [1.82, 2.24) is 0 Å². The first kappa shape index (κ1) is 34.4. The number of fused-ring (bicyclic) bond motifs is 6. The standard InChI is InChI=1S/C57H39BN2/c1-4-17-38(18-5-1)39-31-34-44(35-32-39)59-55-46-26-13-10-19-40(46)33-36-47(55)53-45-25-12-11-20-41(45)37-52-54(53)58-50-29-16-28-49-56(50)60(52)51-30-15-14-27-48(51)57(49,42-21-6-2-7-22-42)43-23-8-3-9-24-43/h1-37,58-59H. The maximum atomic E-state index is 3.98. The normalized spacial score (nSPS) is 13.2. The van der Waals surface area contributed by atoms with Crippen molar-refractivity contribution in [3.63, 3.8) is 0 Å². The molecule has 0 saturated heterocycles. The molecule has 0 saturated carbocycles. The van der Waals surface area contributed by atoms with E-state index in [2.05, 4.69) is 235 Å². The molecule has 0 atom stereocenters. The largest absolute Gasteiger partial charge is 0.355 e. The molecule has 2 aliphatic heterocycles. The van der Waals surface area contributed by atoms with Gasteiger partial charge >= 0.3 is 0 Å². The second kappa shape index (κ2) is 13.8. The van der Waals surface area contributed by atoms with E-state index >= 15 is 0 Å². The van der Waals surface area contributed by atoms with Crippen molar-refractivity contribution in [2.75, 3.05) is 10.2 Å². The molecule has 0 radical (unpaired) electrons. The summed E-state index contributed by atoms with van der Waals surface area (Å²) in [5.74, 6) is 0. The maximum Gasteiger partial charge on any atom is 0.198 e. The zero-order valence-electron chi connectivity index (χ0n) is 33.0. The van der Waals surface area contributed by atoms with Crippen molar-refractivity contribution in [2.45, 2.75) is 5.41 Å². The third-order valence-electron chi connectivity index (χ3n) is 12.9. The average molecular weight is 763 g/mol. The van der Waals surface area contributed by atoms with Gasteiger partial charge in [-0.3, -0.25) is 0 Å². The van der Waals surface area contributed by atoms with Crippen molar-refractivity contribution in [3.8, 4) is 22.3 Å². The summed E-state index contributed by atoms with van der Waals surface area (Å²) in [5.41, 5.74) is 18.1. The van der Waals surface area contributed by atoms with Crippen LogP contribution >= 0.6 is 0 Å². The highest BCUT2D eigenvalue weighted by Crippen LogP contribution is 2.58. The number of para-hydroxylation sites is 2. The van der Waals surface area contributed by atoms with Crippen molar-refractivity contribution < 1.29 is 0 Å². The predicted octanol–water partition coefficient (Wildman–Crippen LogP) is 12.9. The number of nitrogens with zero attached hydrogens (tertiary/aromatic N) is 1. The molecule has 0 fully saturated rings. The fourth-order valence-corrected chi connectivity index (χ4v) is 10.4. The highest BCUT2D eigenvalue weighted by Gasteiger charge is 2.48. The van der Waals surface area contributed by atoms with Crippen LogP contribution in [-0.4, -0.2) is 7.28 Å². The van der Waals surface area contributed by atoms with Crippen molar-refractivity contribution >= 4 is 68.2 Å². The van der Waals surface area contributed by atoms with Crippen LogP contribution in [0.5, 0.6) is 0 Å². The Kier molecular flexibility index (Phi) is 7.89. The lowest BCUT2D eigenvalue weighted by atomic mass is 9.54. The highest BCUT2D eigenvalue weighted by molar-refractivity contribution is 6.74. The van der Waals surface area contributed by atoms with Crippen LogP contribution in [0.2, 0.25) is 0 Å². The number of nitrogens with one attached hydrogen (secondary N) is 1. The van der Waals surface area contributed by atoms with Gasteiger partial charge in [0.1, 0.15) is 0 Å². The van der Waals surface area contributed by atoms with Crippen LogP contribution in [0.15, 0.2) is 224 Å². The van der Waals surface area contributed by atoms with Gasteiger partial charge in [0.05, 0.1) is 16.8 Å². The van der Waals surface area contributed by atoms with E-state index in [9.17, 15) is 0 Å². The first-order chi connectivity index (χ1) is 29.8. The summed E-state index contributed by atoms with van der Waals surface area (Å²) in [5, 5.41) is 8.85. The topological polar surface area (TPSA) is 15.3 Å². The van der Waals surface area contributed by atoms with E-state index in [1.807, 2.05) is 0 Å². The molecule has 0 bridgehead atoms. The molecular formula is C57H39BN2. The lowest BCUT2D eigenvalue weighted by Gasteiger charge is -2.49. The molecule has 2 nitrogen and oxygen atoms in total. The van der Waals surface area contributed by atoms with Crippen LogP contribution in [0, 0.1) is 0 Å². The van der Waals surface area contributed by atoms with Gasteiger partial charge in [0.15, 0.2) is 7.28 Å². The fourth-order valence-electron chi connectivity index (χ4n) is 10.4. The Balaban J connectivity index is 1.11. The van der Waals surface area contributed by atoms with Crippen molar-refractivity contribution in [1.29, 1.82) is 0 Å². The Labute approximate surface area is 351 Å². The van der Waals surface area contributed by atoms with Gasteiger partial charge in [0, 0.05) is 28.0 Å². The molecule has 3 heteroatoms. The molecule has 0 unspecified atom stereocenters. The zero-order valence-corrected chi connectivity index (χ0v) is 33.0. The molecule has 2 aliphatic rings. The summed E-state index contributed by atoms with van der Waals surface area (Å²) in [6, 6.07) is 82.6. The summed E-state index contributed by atoms with van der Waals surface area (Å²) < 4.78 is 0. The molecule has 2 heterocycles. The Hall–Kier alpha value is -7.62. The molecule has 10 aromatic rings. The van der Waals surface area contributed by atoms with Crippen molar-refractivity contribution in [3.05, 3.63) is 247 Å². The van der Waals surface area contributed by atoms with E-state index in [0.717, 1.165) is 18.7 Å². The molecule has 10 aromatic carbocycles. The Bertz CT molecular complexity index is 3210. The van der Waals surface area contributed by atoms with Gasteiger partial charge < -0.3 is 10.2 Å². The Morgan fingerprint density at radius 1 is 0.433 bits per heavy atom. The van der Waals surface area contributed by atoms with Gasteiger partial charge in [-0.25, -0.2) is 0 Å². The molecule has 0 spiro atoms. The third kappa shape index (κ3) is 5.16. The van der Waals surface area contributed by atoms with E-state index < -0.39 is 5.41 Å². The van der Waals surface area contributed by atoms with Gasteiger partial charge in [0.25, 0.3) is 0 Å². The quantitative estimate of drug-likeness (QED) is 0.170. The van der Waals surface area contributed by atoms with E-state index in [0.29, 0.717) is 0 Å². The summed E-state index contributed by atoms with van der Waals surface area (Å²) in [4.78, 5) is 2.59. The van der Waals surface area contributed by atoms with Gasteiger partial charge in [-0.1, -0.05) is 206 Å². The lowest BCUT2D eigenvalue weighted by Crippen LogP contribution is -2.47. The number of hydrogen-bond acceptors (Lipinski definition) is 2. The van der Waals surface area contributed by atoms with Crippen LogP contribution in [0.25, 0.3) is 43.8 Å². The third-order valence-corrected chi connectivity index (χ3v) is 12.9.